The van der Waals surface area contributed by atoms with Crippen LogP contribution in [0, 0.1) is 6.92 Å². The molecule has 1 aliphatic heterocycles. The summed E-state index contributed by atoms with van der Waals surface area (Å²) in [5, 5.41) is 8.00. The van der Waals surface area contributed by atoms with Gasteiger partial charge in [-0.3, -0.25) is 4.79 Å². The highest BCUT2D eigenvalue weighted by Gasteiger charge is 2.25. The van der Waals surface area contributed by atoms with E-state index in [0.29, 0.717) is 17.4 Å². The average molecular weight is 346 g/mol. The molecule has 0 aliphatic carbocycles. The third-order valence-electron chi connectivity index (χ3n) is 4.15. The van der Waals surface area contributed by atoms with Crippen molar-refractivity contribution in [2.75, 3.05) is 20.1 Å². The Labute approximate surface area is 146 Å². The number of hydrogen-bond acceptors (Lipinski definition) is 6. The summed E-state index contributed by atoms with van der Waals surface area (Å²) in [6, 6.07) is 5.94. The first-order valence-electron chi connectivity index (χ1n) is 8.14. The summed E-state index contributed by atoms with van der Waals surface area (Å²) in [7, 11) is 1.95. The number of pyridine rings is 1. The number of carbonyl (C=O) groups excluding carboxylic acids is 1. The summed E-state index contributed by atoms with van der Waals surface area (Å²) < 4.78 is 5.08. The maximum absolute atomic E-state index is 12.9. The quantitative estimate of drug-likeness (QED) is 0.839. The van der Waals surface area contributed by atoms with Gasteiger partial charge in [-0.25, -0.2) is 4.98 Å². The van der Waals surface area contributed by atoms with E-state index in [1.807, 2.05) is 37.1 Å². The highest BCUT2D eigenvalue weighted by Crippen LogP contribution is 2.26. The Kier molecular flexibility index (Phi) is 5.52. The van der Waals surface area contributed by atoms with E-state index < -0.39 is 0 Å². The van der Waals surface area contributed by atoms with Crippen LogP contribution in [0.25, 0.3) is 0 Å². The predicted molar refractivity (Wildman–Crippen MR) is 93.0 cm³/mol. The van der Waals surface area contributed by atoms with Gasteiger partial charge in [0.15, 0.2) is 0 Å². The molecule has 0 bridgehead atoms. The van der Waals surface area contributed by atoms with Crippen molar-refractivity contribution in [2.45, 2.75) is 36.6 Å². The summed E-state index contributed by atoms with van der Waals surface area (Å²) in [4.78, 5) is 19.2. The number of piperidine rings is 1. The van der Waals surface area contributed by atoms with Crippen LogP contribution in [0.1, 0.15) is 34.7 Å². The summed E-state index contributed by atoms with van der Waals surface area (Å²) in [6.45, 7) is 3.42. The molecule has 7 heteroatoms. The number of hydrogen-bond donors (Lipinski definition) is 1. The van der Waals surface area contributed by atoms with Gasteiger partial charge in [0.1, 0.15) is 10.8 Å². The Balaban J connectivity index is 1.72. The molecule has 24 heavy (non-hydrogen) atoms. The van der Waals surface area contributed by atoms with Crippen molar-refractivity contribution in [3.63, 3.8) is 0 Å². The molecule has 0 aromatic carbocycles. The van der Waals surface area contributed by atoms with Gasteiger partial charge in [0.05, 0.1) is 11.3 Å². The van der Waals surface area contributed by atoms with Crippen molar-refractivity contribution in [2.24, 2.45) is 0 Å². The van der Waals surface area contributed by atoms with Gasteiger partial charge >= 0.3 is 0 Å². The lowest BCUT2D eigenvalue weighted by molar-refractivity contribution is 0.0694. The Hall–Kier alpha value is -1.86. The van der Waals surface area contributed by atoms with E-state index >= 15 is 0 Å². The zero-order valence-electron chi connectivity index (χ0n) is 14.0. The summed E-state index contributed by atoms with van der Waals surface area (Å²) in [5.41, 5.74) is 1.52. The maximum atomic E-state index is 12.9. The van der Waals surface area contributed by atoms with E-state index in [4.69, 9.17) is 4.52 Å². The van der Waals surface area contributed by atoms with Gasteiger partial charge in [-0.1, -0.05) is 16.9 Å². The highest BCUT2D eigenvalue weighted by molar-refractivity contribution is 7.98. The first-order valence-corrected chi connectivity index (χ1v) is 9.12. The zero-order chi connectivity index (χ0) is 16.9. The molecule has 0 saturated carbocycles. The Morgan fingerprint density at radius 3 is 3.17 bits per heavy atom. The lowest BCUT2D eigenvalue weighted by Gasteiger charge is -2.32. The molecule has 1 aliphatic rings. The van der Waals surface area contributed by atoms with Gasteiger partial charge in [0.2, 0.25) is 0 Å². The number of rotatable bonds is 5. The normalized spacial score (nSPS) is 17.9. The molecule has 3 rings (SSSR count). The molecule has 1 fully saturated rings. The standard InChI is InChI=1S/C17H22N4O2S/c1-12-9-14(20-23-12)11-24-16-15(6-3-7-19-16)17(22)21-8-4-5-13(10-21)18-2/h3,6-7,9,13,18H,4-5,8,10-11H2,1-2H3. The van der Waals surface area contributed by atoms with Crippen LogP contribution in [0.2, 0.25) is 0 Å². The molecule has 0 spiro atoms. The zero-order valence-corrected chi connectivity index (χ0v) is 14.8. The third kappa shape index (κ3) is 3.96. The van der Waals surface area contributed by atoms with Crippen LogP contribution in [-0.2, 0) is 5.75 Å². The van der Waals surface area contributed by atoms with E-state index in [2.05, 4.69) is 15.5 Å². The fraction of sp³-hybridized carbons (Fsp3) is 0.471. The lowest BCUT2D eigenvalue weighted by atomic mass is 10.1. The number of nitrogens with one attached hydrogen (secondary N) is 1. The molecule has 1 atom stereocenters. The second-order valence-electron chi connectivity index (χ2n) is 5.95. The number of nitrogens with zero attached hydrogens (tertiary/aromatic N) is 3. The second-order valence-corrected chi connectivity index (χ2v) is 6.92. The van der Waals surface area contributed by atoms with Gasteiger partial charge in [-0.15, -0.1) is 0 Å². The summed E-state index contributed by atoms with van der Waals surface area (Å²) in [6.07, 6.45) is 3.86. The number of aromatic nitrogens is 2. The van der Waals surface area contributed by atoms with Crippen molar-refractivity contribution >= 4 is 17.7 Å². The first kappa shape index (κ1) is 17.0. The fourth-order valence-corrected chi connectivity index (χ4v) is 3.73. The van der Waals surface area contributed by atoms with E-state index in [9.17, 15) is 4.79 Å². The van der Waals surface area contributed by atoms with Gasteiger partial charge in [-0.2, -0.15) is 0 Å². The molecule has 6 nitrogen and oxygen atoms in total. The number of likely N-dealkylation sites (tertiary alicyclic amines) is 1. The second kappa shape index (κ2) is 7.81. The smallest absolute Gasteiger partial charge is 0.256 e. The molecule has 1 N–H and O–H groups in total. The van der Waals surface area contributed by atoms with Crippen LogP contribution in [0.4, 0.5) is 0 Å². The van der Waals surface area contributed by atoms with Gasteiger partial charge < -0.3 is 14.7 Å². The summed E-state index contributed by atoms with van der Waals surface area (Å²) >= 11 is 1.52. The van der Waals surface area contributed by atoms with Crippen LogP contribution in [0.5, 0.6) is 0 Å². The monoisotopic (exact) mass is 346 g/mol. The number of carbonyl (C=O) groups is 1. The van der Waals surface area contributed by atoms with Crippen molar-refractivity contribution in [1.29, 1.82) is 0 Å². The predicted octanol–water partition coefficient (Wildman–Crippen LogP) is 2.49. The Morgan fingerprint density at radius 2 is 2.42 bits per heavy atom. The molecule has 2 aromatic rings. The average Bonchev–Trinajstić information content (AvgIpc) is 3.05. The van der Waals surface area contributed by atoms with Crippen LogP contribution in [0.3, 0.4) is 0 Å². The van der Waals surface area contributed by atoms with Gasteiger partial charge in [0.25, 0.3) is 5.91 Å². The minimum atomic E-state index is 0.0573. The summed E-state index contributed by atoms with van der Waals surface area (Å²) in [5.74, 6) is 1.48. The molecule has 1 unspecified atom stereocenters. The topological polar surface area (TPSA) is 71.3 Å². The van der Waals surface area contributed by atoms with Crippen molar-refractivity contribution in [3.05, 3.63) is 41.4 Å². The first-order chi connectivity index (χ1) is 11.7. The fourth-order valence-electron chi connectivity index (χ4n) is 2.86. The molecule has 2 aromatic heterocycles. The van der Waals surface area contributed by atoms with E-state index in [-0.39, 0.29) is 5.91 Å². The van der Waals surface area contributed by atoms with Crippen molar-refractivity contribution in [1.82, 2.24) is 20.4 Å². The number of likely N-dealkylation sites (N-methyl/N-ethyl adjacent to an activating group) is 1. The van der Waals surface area contributed by atoms with Crippen LogP contribution >= 0.6 is 11.8 Å². The highest BCUT2D eigenvalue weighted by atomic mass is 32.2. The Bertz CT molecular complexity index is 703. The largest absolute Gasteiger partial charge is 0.361 e. The SMILES string of the molecule is CNC1CCCN(C(=O)c2cccnc2SCc2cc(C)on2)C1. The van der Waals surface area contributed by atoms with Crippen molar-refractivity contribution < 1.29 is 9.32 Å². The number of thioether (sulfide) groups is 1. The molecular formula is C17H22N4O2S. The molecule has 128 valence electrons. The van der Waals surface area contributed by atoms with Crippen LogP contribution in [0.15, 0.2) is 33.9 Å². The van der Waals surface area contributed by atoms with Crippen LogP contribution < -0.4 is 5.32 Å². The van der Waals surface area contributed by atoms with Crippen molar-refractivity contribution in [3.8, 4) is 0 Å². The van der Waals surface area contributed by atoms with E-state index in [1.54, 1.807) is 6.20 Å². The molecule has 1 amide bonds. The number of amides is 1. The maximum Gasteiger partial charge on any atom is 0.256 e. The van der Waals surface area contributed by atoms with Crippen LogP contribution in [-0.4, -0.2) is 47.1 Å². The molecule has 1 saturated heterocycles. The third-order valence-corrected chi connectivity index (χ3v) is 5.19. The van der Waals surface area contributed by atoms with E-state index in [0.717, 1.165) is 42.4 Å². The molecule has 3 heterocycles. The Morgan fingerprint density at radius 1 is 1.54 bits per heavy atom. The minimum absolute atomic E-state index is 0.0573. The molecule has 0 radical (unpaired) electrons. The molecular weight excluding hydrogens is 324 g/mol. The van der Waals surface area contributed by atoms with E-state index in [1.165, 1.54) is 11.8 Å². The number of aryl methyl sites for hydroxylation is 1. The lowest BCUT2D eigenvalue weighted by Crippen LogP contribution is -2.47. The minimum Gasteiger partial charge on any atom is -0.361 e. The van der Waals surface area contributed by atoms with Gasteiger partial charge in [-0.05, 0) is 38.9 Å². The van der Waals surface area contributed by atoms with Gasteiger partial charge in [0, 0.05) is 37.1 Å².